The Kier molecular flexibility index (Phi) is 7.13. The second kappa shape index (κ2) is 12.3. The molecule has 58 heavy (non-hydrogen) atoms. The minimum absolute atomic E-state index is 0.0448. The maximum absolute atomic E-state index is 2.58. The van der Waals surface area contributed by atoms with Gasteiger partial charge in [0.25, 0.3) is 0 Å². The molecule has 0 unspecified atom stereocenters. The topological polar surface area (TPSA) is 3.24 Å². The van der Waals surface area contributed by atoms with Crippen LogP contribution in [0.15, 0.2) is 188 Å². The molecule has 1 nitrogen and oxygen atoms in total. The van der Waals surface area contributed by atoms with E-state index in [-0.39, 0.29) is 16.2 Å². The first-order valence-corrected chi connectivity index (χ1v) is 21.1. The van der Waals surface area contributed by atoms with Gasteiger partial charge in [-0.3, -0.25) is 0 Å². The van der Waals surface area contributed by atoms with Gasteiger partial charge < -0.3 is 4.90 Å². The van der Waals surface area contributed by atoms with Gasteiger partial charge in [-0.2, -0.15) is 0 Å². The molecule has 278 valence electrons. The normalized spacial score (nSPS) is 16.6. The minimum Gasteiger partial charge on any atom is -0.310 e. The SMILES string of the molecule is CC1(C)c2ccccc2-c2ccc(N(c3ccc4c(c3)C3(CCC5(CC3)c3ccccc3-c3ccccc35)c3ccccc3-4)c3ccccc3-c3ccccc3)cc21. The van der Waals surface area contributed by atoms with Crippen LogP contribution in [0.1, 0.15) is 72.9 Å². The molecular weight excluding hydrogens is 699 g/mol. The molecule has 1 heteroatoms. The molecule has 0 aliphatic heterocycles. The Morgan fingerprint density at radius 3 is 1.26 bits per heavy atom. The lowest BCUT2D eigenvalue weighted by molar-refractivity contribution is 0.265. The van der Waals surface area contributed by atoms with Crippen molar-refractivity contribution in [2.24, 2.45) is 0 Å². The van der Waals surface area contributed by atoms with Gasteiger partial charge >= 0.3 is 0 Å². The van der Waals surface area contributed by atoms with Crippen LogP contribution in [-0.2, 0) is 16.2 Å². The molecule has 1 saturated carbocycles. The molecule has 4 aliphatic rings. The molecule has 2 spiro atoms. The fourth-order valence-corrected chi connectivity index (χ4v) is 12.0. The molecular formula is C57H45N. The summed E-state index contributed by atoms with van der Waals surface area (Å²) in [7, 11) is 0. The molecule has 0 atom stereocenters. The first kappa shape index (κ1) is 33.7. The number of hydrogen-bond donors (Lipinski definition) is 0. The highest BCUT2D eigenvalue weighted by Gasteiger charge is 2.53. The zero-order chi connectivity index (χ0) is 38.6. The van der Waals surface area contributed by atoms with Gasteiger partial charge in [-0.05, 0) is 128 Å². The van der Waals surface area contributed by atoms with Crippen LogP contribution in [0.5, 0.6) is 0 Å². The van der Waals surface area contributed by atoms with Crippen LogP contribution in [0.2, 0.25) is 0 Å². The number of anilines is 3. The average Bonchev–Trinajstić information content (AvgIpc) is 3.81. The third-order valence-electron chi connectivity index (χ3n) is 14.7. The number of rotatable bonds is 4. The number of fused-ring (bicyclic) bond motifs is 13. The van der Waals surface area contributed by atoms with Crippen LogP contribution in [0.25, 0.3) is 44.5 Å². The fourth-order valence-electron chi connectivity index (χ4n) is 12.0. The van der Waals surface area contributed by atoms with E-state index in [1.807, 2.05) is 0 Å². The summed E-state index contributed by atoms with van der Waals surface area (Å²) in [6, 6.07) is 71.2. The first-order valence-electron chi connectivity index (χ1n) is 21.1. The lowest BCUT2D eigenvalue weighted by Crippen LogP contribution is -2.39. The Balaban J connectivity index is 1.04. The molecule has 0 radical (unpaired) electrons. The van der Waals surface area contributed by atoms with Crippen LogP contribution >= 0.6 is 0 Å². The van der Waals surface area contributed by atoms with Gasteiger partial charge in [-0.1, -0.05) is 172 Å². The number of hydrogen-bond acceptors (Lipinski definition) is 1. The van der Waals surface area contributed by atoms with Gasteiger partial charge in [0.05, 0.1) is 5.69 Å². The smallest absolute Gasteiger partial charge is 0.0540 e. The largest absolute Gasteiger partial charge is 0.310 e. The highest BCUT2D eigenvalue weighted by Crippen LogP contribution is 2.64. The van der Waals surface area contributed by atoms with Gasteiger partial charge in [0, 0.05) is 33.2 Å². The molecule has 8 aromatic carbocycles. The summed E-state index contributed by atoms with van der Waals surface area (Å²) in [6.45, 7) is 4.77. The highest BCUT2D eigenvalue weighted by molar-refractivity contribution is 5.92. The second-order valence-electron chi connectivity index (χ2n) is 17.6. The van der Waals surface area contributed by atoms with Gasteiger partial charge in [0.2, 0.25) is 0 Å². The third kappa shape index (κ3) is 4.53. The van der Waals surface area contributed by atoms with Crippen molar-refractivity contribution >= 4 is 17.1 Å². The van der Waals surface area contributed by atoms with E-state index in [1.165, 1.54) is 95.0 Å². The minimum atomic E-state index is -0.105. The van der Waals surface area contributed by atoms with Crippen molar-refractivity contribution in [1.82, 2.24) is 0 Å². The Morgan fingerprint density at radius 1 is 0.328 bits per heavy atom. The molecule has 0 saturated heterocycles. The Hall–Kier alpha value is -6.44. The molecule has 12 rings (SSSR count). The van der Waals surface area contributed by atoms with E-state index in [0.29, 0.717) is 0 Å². The molecule has 0 heterocycles. The molecule has 4 aliphatic carbocycles. The van der Waals surface area contributed by atoms with Crippen molar-refractivity contribution in [2.45, 2.75) is 55.8 Å². The maximum atomic E-state index is 2.58. The summed E-state index contributed by atoms with van der Waals surface area (Å²) in [5.41, 5.74) is 23.1. The van der Waals surface area contributed by atoms with E-state index in [2.05, 4.69) is 207 Å². The van der Waals surface area contributed by atoms with E-state index in [9.17, 15) is 0 Å². The molecule has 0 aromatic heterocycles. The van der Waals surface area contributed by atoms with Crippen LogP contribution in [0.4, 0.5) is 17.1 Å². The number of nitrogens with zero attached hydrogens (tertiary/aromatic N) is 1. The molecule has 0 bridgehead atoms. The summed E-state index contributed by atoms with van der Waals surface area (Å²) in [5.74, 6) is 0. The Labute approximate surface area is 342 Å². The van der Waals surface area contributed by atoms with Gasteiger partial charge in [0.1, 0.15) is 0 Å². The van der Waals surface area contributed by atoms with Crippen molar-refractivity contribution in [2.75, 3.05) is 4.90 Å². The zero-order valence-electron chi connectivity index (χ0n) is 33.2. The maximum Gasteiger partial charge on any atom is 0.0540 e. The molecule has 8 aromatic rings. The summed E-state index contributed by atoms with van der Waals surface area (Å²) in [6.07, 6.45) is 4.46. The summed E-state index contributed by atoms with van der Waals surface area (Å²) >= 11 is 0. The molecule has 0 amide bonds. The van der Waals surface area contributed by atoms with Crippen molar-refractivity contribution in [1.29, 1.82) is 0 Å². The van der Waals surface area contributed by atoms with Crippen LogP contribution in [0, 0.1) is 0 Å². The molecule has 1 fully saturated rings. The fraction of sp³-hybridized carbons (Fsp3) is 0.158. The first-order chi connectivity index (χ1) is 28.5. The zero-order valence-corrected chi connectivity index (χ0v) is 33.2. The number of benzene rings is 8. The number of para-hydroxylation sites is 1. The summed E-state index contributed by atoms with van der Waals surface area (Å²) in [4.78, 5) is 2.55. The lowest BCUT2D eigenvalue weighted by atomic mass is 9.57. The van der Waals surface area contributed by atoms with Crippen molar-refractivity contribution in [3.63, 3.8) is 0 Å². The van der Waals surface area contributed by atoms with E-state index in [1.54, 1.807) is 0 Å². The monoisotopic (exact) mass is 743 g/mol. The Bertz CT molecular complexity index is 2890. The average molecular weight is 744 g/mol. The predicted octanol–water partition coefficient (Wildman–Crippen LogP) is 14.9. The van der Waals surface area contributed by atoms with E-state index < -0.39 is 0 Å². The van der Waals surface area contributed by atoms with E-state index >= 15 is 0 Å². The Morgan fingerprint density at radius 2 is 0.707 bits per heavy atom. The third-order valence-corrected chi connectivity index (χ3v) is 14.7. The van der Waals surface area contributed by atoms with Crippen molar-refractivity contribution < 1.29 is 0 Å². The quantitative estimate of drug-likeness (QED) is 0.173. The highest BCUT2D eigenvalue weighted by atomic mass is 15.1. The standard InChI is InChI=1S/C57H45N/c1-55(2)48-23-11-6-19-42(48)46-30-28-39(36-52(46)55)58(54-27-15-10-18-41(54)38-16-4-3-5-17-38)40-29-31-47-45-22-9-14-26-51(45)57(53(47)37-40)34-32-56(33-35-57)49-24-12-7-20-43(49)44-21-8-13-25-50(44)56/h3-31,36-37H,32-35H2,1-2H3. The van der Waals surface area contributed by atoms with Crippen LogP contribution in [-0.4, -0.2) is 0 Å². The second-order valence-corrected chi connectivity index (χ2v) is 17.6. The van der Waals surface area contributed by atoms with Crippen LogP contribution < -0.4 is 4.90 Å². The van der Waals surface area contributed by atoms with E-state index in [4.69, 9.17) is 0 Å². The van der Waals surface area contributed by atoms with Gasteiger partial charge in [-0.25, -0.2) is 0 Å². The predicted molar refractivity (Wildman–Crippen MR) is 241 cm³/mol. The summed E-state index contributed by atoms with van der Waals surface area (Å²) in [5, 5.41) is 0. The van der Waals surface area contributed by atoms with Crippen molar-refractivity contribution in [3.05, 3.63) is 221 Å². The van der Waals surface area contributed by atoms with Gasteiger partial charge in [-0.15, -0.1) is 0 Å². The lowest BCUT2D eigenvalue weighted by Gasteiger charge is -2.45. The van der Waals surface area contributed by atoms with Crippen LogP contribution in [0.3, 0.4) is 0 Å². The van der Waals surface area contributed by atoms with Crippen molar-refractivity contribution in [3.8, 4) is 44.5 Å². The van der Waals surface area contributed by atoms with Gasteiger partial charge in [0.15, 0.2) is 0 Å². The van der Waals surface area contributed by atoms with E-state index in [0.717, 1.165) is 25.7 Å². The summed E-state index contributed by atoms with van der Waals surface area (Å²) < 4.78 is 0. The molecule has 0 N–H and O–H groups in total.